The fourth-order valence-electron chi connectivity index (χ4n) is 2.80. The molecule has 1 N–H and O–H groups in total. The minimum atomic E-state index is -0.906. The quantitative estimate of drug-likeness (QED) is 0.930. The third-order valence-electron chi connectivity index (χ3n) is 4.32. The highest BCUT2D eigenvalue weighted by Gasteiger charge is 2.37. The van der Waals surface area contributed by atoms with E-state index >= 15 is 0 Å². The zero-order chi connectivity index (χ0) is 14.3. The van der Waals surface area contributed by atoms with E-state index in [0.717, 1.165) is 24.3 Å². The second kappa shape index (κ2) is 4.47. The molecule has 0 unspecified atom stereocenters. The molecule has 0 amide bonds. The number of fused-ring (bicyclic) bond motifs is 1. The van der Waals surface area contributed by atoms with Crippen LogP contribution in [0.15, 0.2) is 30.5 Å². The zero-order valence-corrected chi connectivity index (χ0v) is 11.8. The number of carboxylic acids is 1. The van der Waals surface area contributed by atoms with E-state index in [0.29, 0.717) is 16.4 Å². The number of pyridine rings is 1. The number of carbonyl (C=O) groups is 1. The second-order valence-corrected chi connectivity index (χ2v) is 5.89. The predicted molar refractivity (Wildman–Crippen MR) is 79.3 cm³/mol. The lowest BCUT2D eigenvalue weighted by atomic mass is 9.79. The molecule has 0 bridgehead atoms. The number of hydrogen-bond donors (Lipinski definition) is 1. The summed E-state index contributed by atoms with van der Waals surface area (Å²) in [5.41, 5.74) is 2.52. The Morgan fingerprint density at radius 3 is 2.80 bits per heavy atom. The van der Waals surface area contributed by atoms with Gasteiger partial charge in [0.25, 0.3) is 0 Å². The van der Waals surface area contributed by atoms with E-state index in [-0.39, 0.29) is 0 Å². The van der Waals surface area contributed by atoms with Crippen molar-refractivity contribution in [2.75, 3.05) is 18.0 Å². The van der Waals surface area contributed by atoms with Crippen LogP contribution >= 0.6 is 0 Å². The average Bonchev–Trinajstić information content (AvgIpc) is 2.42. The minimum absolute atomic E-state index is 0.315. The van der Waals surface area contributed by atoms with Crippen molar-refractivity contribution in [3.05, 3.63) is 36.0 Å². The smallest absolute Gasteiger partial charge is 0.336 e. The number of aromatic carboxylic acids is 1. The van der Waals surface area contributed by atoms with Crippen molar-refractivity contribution in [2.24, 2.45) is 5.41 Å². The highest BCUT2D eigenvalue weighted by atomic mass is 16.4. The summed E-state index contributed by atoms with van der Waals surface area (Å²) in [4.78, 5) is 17.8. The van der Waals surface area contributed by atoms with Crippen LogP contribution in [0.4, 0.5) is 5.69 Å². The number of anilines is 1. The van der Waals surface area contributed by atoms with Crippen LogP contribution in [0.1, 0.15) is 30.6 Å². The van der Waals surface area contributed by atoms with Gasteiger partial charge in [-0.2, -0.15) is 0 Å². The summed E-state index contributed by atoms with van der Waals surface area (Å²) in [6, 6.07) is 7.43. The first-order valence-corrected chi connectivity index (χ1v) is 6.89. The number of nitrogens with zero attached hydrogens (tertiary/aromatic N) is 2. The van der Waals surface area contributed by atoms with E-state index < -0.39 is 5.97 Å². The summed E-state index contributed by atoms with van der Waals surface area (Å²) in [5.74, 6) is -0.906. The zero-order valence-electron chi connectivity index (χ0n) is 11.8. The summed E-state index contributed by atoms with van der Waals surface area (Å²) in [7, 11) is 0. The third kappa shape index (κ3) is 2.01. The summed E-state index contributed by atoms with van der Waals surface area (Å²) >= 11 is 0. The van der Waals surface area contributed by atoms with Gasteiger partial charge in [0.15, 0.2) is 0 Å². The van der Waals surface area contributed by atoms with E-state index in [1.54, 1.807) is 12.3 Å². The molecule has 4 heteroatoms. The molecule has 1 aliphatic heterocycles. The van der Waals surface area contributed by atoms with Gasteiger partial charge in [0.05, 0.1) is 11.1 Å². The van der Waals surface area contributed by atoms with Gasteiger partial charge in [-0.3, -0.25) is 4.98 Å². The Balaban J connectivity index is 1.99. The van der Waals surface area contributed by atoms with Crippen LogP contribution in [0.25, 0.3) is 10.9 Å². The normalized spacial score (nSPS) is 17.0. The van der Waals surface area contributed by atoms with Gasteiger partial charge in [-0.25, -0.2) is 4.79 Å². The molecule has 1 aliphatic rings. The average molecular weight is 270 g/mol. The van der Waals surface area contributed by atoms with Crippen LogP contribution in [0.3, 0.4) is 0 Å². The Hall–Kier alpha value is -2.10. The van der Waals surface area contributed by atoms with Gasteiger partial charge >= 0.3 is 5.97 Å². The van der Waals surface area contributed by atoms with Crippen LogP contribution in [-0.2, 0) is 0 Å². The van der Waals surface area contributed by atoms with Gasteiger partial charge in [-0.1, -0.05) is 13.8 Å². The predicted octanol–water partition coefficient (Wildman–Crippen LogP) is 3.17. The van der Waals surface area contributed by atoms with Gasteiger partial charge in [0.1, 0.15) is 0 Å². The lowest BCUT2D eigenvalue weighted by molar-refractivity contribution is 0.0699. The molecule has 3 rings (SSSR count). The first-order chi connectivity index (χ1) is 9.52. The Morgan fingerprint density at radius 2 is 2.15 bits per heavy atom. The fourth-order valence-corrected chi connectivity index (χ4v) is 2.80. The van der Waals surface area contributed by atoms with Gasteiger partial charge < -0.3 is 10.0 Å². The lowest BCUT2D eigenvalue weighted by Gasteiger charge is -2.49. The molecule has 104 valence electrons. The maximum Gasteiger partial charge on any atom is 0.336 e. The molecule has 1 aromatic carbocycles. The van der Waals surface area contributed by atoms with Crippen molar-refractivity contribution in [3.8, 4) is 0 Å². The van der Waals surface area contributed by atoms with Crippen LogP contribution in [0, 0.1) is 5.41 Å². The monoisotopic (exact) mass is 270 g/mol. The Morgan fingerprint density at radius 1 is 1.40 bits per heavy atom. The molecule has 0 radical (unpaired) electrons. The molecule has 0 atom stereocenters. The molecule has 0 aliphatic carbocycles. The largest absolute Gasteiger partial charge is 0.478 e. The molecule has 1 saturated heterocycles. The van der Waals surface area contributed by atoms with E-state index in [1.807, 2.05) is 18.2 Å². The maximum atomic E-state index is 11.3. The number of hydrogen-bond acceptors (Lipinski definition) is 3. The number of benzene rings is 1. The van der Waals surface area contributed by atoms with Crippen molar-refractivity contribution < 1.29 is 9.90 Å². The number of carboxylic acid groups (broad SMARTS) is 1. The summed E-state index contributed by atoms with van der Waals surface area (Å²) in [6.07, 6.45) is 2.71. The van der Waals surface area contributed by atoms with Gasteiger partial charge in [0, 0.05) is 35.8 Å². The van der Waals surface area contributed by atoms with Crippen molar-refractivity contribution in [1.29, 1.82) is 0 Å². The Bertz CT molecular complexity index is 675. The van der Waals surface area contributed by atoms with E-state index in [4.69, 9.17) is 0 Å². The molecule has 0 saturated carbocycles. The lowest BCUT2D eigenvalue weighted by Crippen LogP contribution is -2.54. The molecule has 4 nitrogen and oxygen atoms in total. The van der Waals surface area contributed by atoms with Crippen molar-refractivity contribution in [2.45, 2.75) is 20.3 Å². The van der Waals surface area contributed by atoms with Crippen molar-refractivity contribution >= 4 is 22.6 Å². The molecule has 1 fully saturated rings. The molecular formula is C16H18N2O2. The van der Waals surface area contributed by atoms with Crippen LogP contribution in [0.5, 0.6) is 0 Å². The Labute approximate surface area is 118 Å². The van der Waals surface area contributed by atoms with Gasteiger partial charge in [-0.15, -0.1) is 0 Å². The molecule has 2 heterocycles. The fraction of sp³-hybridized carbons (Fsp3) is 0.375. The van der Waals surface area contributed by atoms with E-state index in [2.05, 4.69) is 23.7 Å². The molecular weight excluding hydrogens is 252 g/mol. The van der Waals surface area contributed by atoms with Crippen molar-refractivity contribution in [3.63, 3.8) is 0 Å². The minimum Gasteiger partial charge on any atom is -0.478 e. The second-order valence-electron chi connectivity index (χ2n) is 5.89. The van der Waals surface area contributed by atoms with Crippen LogP contribution in [0.2, 0.25) is 0 Å². The van der Waals surface area contributed by atoms with Crippen LogP contribution < -0.4 is 4.90 Å². The number of aromatic nitrogens is 1. The Kier molecular flexibility index (Phi) is 2.89. The SMILES string of the molecule is CCC1(C)CN(c2ccc3nccc(C(=O)O)c3c2)C1. The molecule has 20 heavy (non-hydrogen) atoms. The van der Waals surface area contributed by atoms with Gasteiger partial charge in [0.2, 0.25) is 0 Å². The summed E-state index contributed by atoms with van der Waals surface area (Å²) < 4.78 is 0. The maximum absolute atomic E-state index is 11.3. The standard InChI is InChI=1S/C16H18N2O2/c1-3-16(2)9-18(10-16)11-4-5-14-13(8-11)12(15(19)20)6-7-17-14/h4-8H,3,9-10H2,1-2H3,(H,19,20). The molecule has 2 aromatic rings. The van der Waals surface area contributed by atoms with E-state index in [9.17, 15) is 9.90 Å². The topological polar surface area (TPSA) is 53.4 Å². The summed E-state index contributed by atoms with van der Waals surface area (Å²) in [6.45, 7) is 6.55. The first-order valence-electron chi connectivity index (χ1n) is 6.89. The van der Waals surface area contributed by atoms with Crippen molar-refractivity contribution in [1.82, 2.24) is 4.98 Å². The molecule has 1 aromatic heterocycles. The highest BCUT2D eigenvalue weighted by molar-refractivity contribution is 6.03. The summed E-state index contributed by atoms with van der Waals surface area (Å²) in [5, 5.41) is 9.97. The highest BCUT2D eigenvalue weighted by Crippen LogP contribution is 2.37. The number of rotatable bonds is 3. The van der Waals surface area contributed by atoms with E-state index in [1.165, 1.54) is 6.42 Å². The van der Waals surface area contributed by atoms with Gasteiger partial charge in [-0.05, 0) is 30.7 Å². The molecule has 0 spiro atoms. The first kappa shape index (κ1) is 12.9. The van der Waals surface area contributed by atoms with Crippen LogP contribution in [-0.4, -0.2) is 29.1 Å². The third-order valence-corrected chi connectivity index (χ3v) is 4.32.